The van der Waals surface area contributed by atoms with E-state index in [1.165, 1.54) is 18.5 Å². The van der Waals surface area contributed by atoms with E-state index in [1.54, 1.807) is 6.07 Å². The Balaban J connectivity index is 1.80. The molecule has 0 radical (unpaired) electrons. The molecule has 0 spiro atoms. The smallest absolute Gasteiger partial charge is 0.208 e. The molecule has 1 aromatic carbocycles. The Morgan fingerprint density at radius 2 is 2.23 bits per heavy atom. The minimum absolute atomic E-state index is 0.216. The Morgan fingerprint density at radius 1 is 1.41 bits per heavy atom. The highest BCUT2D eigenvalue weighted by molar-refractivity contribution is 7.88. The van der Waals surface area contributed by atoms with E-state index in [0.29, 0.717) is 29.8 Å². The van der Waals surface area contributed by atoms with Crippen LogP contribution >= 0.6 is 0 Å². The van der Waals surface area contributed by atoms with Gasteiger partial charge in [-0.15, -0.1) is 0 Å². The Labute approximate surface area is 128 Å². The lowest BCUT2D eigenvalue weighted by Gasteiger charge is -2.19. The van der Waals surface area contributed by atoms with Gasteiger partial charge >= 0.3 is 0 Å². The highest BCUT2D eigenvalue weighted by Gasteiger charge is 2.25. The van der Waals surface area contributed by atoms with Crippen LogP contribution in [0.3, 0.4) is 0 Å². The van der Waals surface area contributed by atoms with Gasteiger partial charge in [-0.2, -0.15) is 0 Å². The van der Waals surface area contributed by atoms with Gasteiger partial charge < -0.3 is 4.90 Å². The maximum atomic E-state index is 13.5. The van der Waals surface area contributed by atoms with Gasteiger partial charge in [-0.3, -0.25) is 0 Å². The number of hydrogen-bond donors (Lipinski definition) is 1. The molecule has 1 saturated heterocycles. The molecule has 2 heterocycles. The second-order valence-corrected chi connectivity index (χ2v) is 7.41. The summed E-state index contributed by atoms with van der Waals surface area (Å²) in [5.74, 6) is 0.595. The van der Waals surface area contributed by atoms with Gasteiger partial charge in [0.1, 0.15) is 18.0 Å². The third-order valence-corrected chi connectivity index (χ3v) is 4.49. The summed E-state index contributed by atoms with van der Waals surface area (Å²) in [6.45, 7) is 1.86. The van der Waals surface area contributed by atoms with Gasteiger partial charge in [0.15, 0.2) is 0 Å². The Morgan fingerprint density at radius 3 is 3.00 bits per heavy atom. The largest absolute Gasteiger partial charge is 0.356 e. The van der Waals surface area contributed by atoms with Crippen molar-refractivity contribution < 1.29 is 12.8 Å². The number of nitrogens with zero attached hydrogens (tertiary/aromatic N) is 3. The minimum atomic E-state index is -3.18. The number of rotatable bonds is 4. The maximum absolute atomic E-state index is 13.5. The van der Waals surface area contributed by atoms with Gasteiger partial charge in [0.2, 0.25) is 10.0 Å². The molecule has 6 nitrogen and oxygen atoms in total. The summed E-state index contributed by atoms with van der Waals surface area (Å²) in [5.41, 5.74) is 0.698. The Hall–Kier alpha value is -1.80. The van der Waals surface area contributed by atoms with Crippen molar-refractivity contribution >= 4 is 26.7 Å². The van der Waals surface area contributed by atoms with Gasteiger partial charge in [0, 0.05) is 25.0 Å². The van der Waals surface area contributed by atoms with E-state index in [4.69, 9.17) is 0 Å². The van der Waals surface area contributed by atoms with E-state index in [1.807, 2.05) is 0 Å². The zero-order chi connectivity index (χ0) is 15.7. The molecule has 2 aromatic rings. The second-order valence-electron chi connectivity index (χ2n) is 5.58. The number of sulfonamides is 1. The van der Waals surface area contributed by atoms with Crippen LogP contribution in [0.1, 0.15) is 6.42 Å². The van der Waals surface area contributed by atoms with Crippen LogP contribution < -0.4 is 9.62 Å². The Kier molecular flexibility index (Phi) is 3.96. The van der Waals surface area contributed by atoms with Crippen molar-refractivity contribution in [2.24, 2.45) is 5.92 Å². The van der Waals surface area contributed by atoms with Crippen molar-refractivity contribution in [3.63, 3.8) is 0 Å². The summed E-state index contributed by atoms with van der Waals surface area (Å²) >= 11 is 0. The molecular formula is C14H17FN4O2S. The Bertz CT molecular complexity index is 797. The van der Waals surface area contributed by atoms with E-state index in [9.17, 15) is 12.8 Å². The normalized spacial score (nSPS) is 19.0. The fourth-order valence-corrected chi connectivity index (χ4v) is 3.27. The van der Waals surface area contributed by atoms with Crippen molar-refractivity contribution in [3.05, 3.63) is 30.3 Å². The van der Waals surface area contributed by atoms with Crippen LogP contribution in [-0.2, 0) is 10.0 Å². The number of benzene rings is 1. The quantitative estimate of drug-likeness (QED) is 0.913. The molecule has 1 N–H and O–H groups in total. The molecule has 1 fully saturated rings. The zero-order valence-corrected chi connectivity index (χ0v) is 13.0. The van der Waals surface area contributed by atoms with Crippen LogP contribution in [0.25, 0.3) is 10.9 Å². The fourth-order valence-electron chi connectivity index (χ4n) is 2.73. The molecule has 0 amide bonds. The molecule has 8 heteroatoms. The van der Waals surface area contributed by atoms with E-state index < -0.39 is 10.0 Å². The summed E-state index contributed by atoms with van der Waals surface area (Å²) < 4.78 is 38.3. The number of halogens is 1. The highest BCUT2D eigenvalue weighted by Crippen LogP contribution is 2.28. The van der Waals surface area contributed by atoms with Crippen LogP contribution in [0.2, 0.25) is 0 Å². The first-order valence-electron chi connectivity index (χ1n) is 7.02. The topological polar surface area (TPSA) is 75.2 Å². The zero-order valence-electron chi connectivity index (χ0n) is 12.2. The minimum Gasteiger partial charge on any atom is -0.356 e. The predicted octanol–water partition coefficient (Wildman–Crippen LogP) is 1.14. The van der Waals surface area contributed by atoms with Crippen LogP contribution in [0.4, 0.5) is 10.2 Å². The van der Waals surface area contributed by atoms with Crippen molar-refractivity contribution in [1.82, 2.24) is 14.7 Å². The van der Waals surface area contributed by atoms with E-state index in [0.717, 1.165) is 19.2 Å². The average molecular weight is 324 g/mol. The molecule has 1 atom stereocenters. The lowest BCUT2D eigenvalue weighted by molar-refractivity contribution is 0.545. The molecule has 1 aromatic heterocycles. The lowest BCUT2D eigenvalue weighted by atomic mass is 10.1. The van der Waals surface area contributed by atoms with E-state index >= 15 is 0 Å². The summed E-state index contributed by atoms with van der Waals surface area (Å²) in [7, 11) is -3.18. The van der Waals surface area contributed by atoms with Gasteiger partial charge in [-0.25, -0.2) is 27.5 Å². The van der Waals surface area contributed by atoms with Crippen molar-refractivity contribution in [2.75, 3.05) is 30.8 Å². The SMILES string of the molecule is CS(=O)(=O)NCC1CCN(c2ncnc3ccc(F)cc23)C1. The molecular weight excluding hydrogens is 307 g/mol. The summed E-state index contributed by atoms with van der Waals surface area (Å²) in [4.78, 5) is 10.5. The predicted molar refractivity (Wildman–Crippen MR) is 82.7 cm³/mol. The van der Waals surface area contributed by atoms with Crippen molar-refractivity contribution in [3.8, 4) is 0 Å². The number of aromatic nitrogens is 2. The summed E-state index contributed by atoms with van der Waals surface area (Å²) in [6.07, 6.45) is 3.49. The van der Waals surface area contributed by atoms with Crippen LogP contribution in [0.5, 0.6) is 0 Å². The summed E-state index contributed by atoms with van der Waals surface area (Å²) in [6, 6.07) is 4.45. The van der Waals surface area contributed by atoms with Crippen molar-refractivity contribution in [1.29, 1.82) is 0 Å². The van der Waals surface area contributed by atoms with Gasteiger partial charge in [0.05, 0.1) is 11.8 Å². The lowest BCUT2D eigenvalue weighted by Crippen LogP contribution is -2.30. The standard InChI is InChI=1S/C14H17FN4O2S/c1-22(20,21)18-7-10-4-5-19(8-10)14-12-6-11(15)2-3-13(12)16-9-17-14/h2-3,6,9-10,18H,4-5,7-8H2,1H3. The fraction of sp³-hybridized carbons (Fsp3) is 0.429. The highest BCUT2D eigenvalue weighted by atomic mass is 32.2. The molecule has 0 aliphatic carbocycles. The molecule has 0 bridgehead atoms. The van der Waals surface area contributed by atoms with Gasteiger partial charge in [-0.1, -0.05) is 0 Å². The summed E-state index contributed by atoms with van der Waals surface area (Å²) in [5, 5.41) is 0.680. The molecule has 118 valence electrons. The first-order valence-corrected chi connectivity index (χ1v) is 8.91. The molecule has 1 aliphatic heterocycles. The van der Waals surface area contributed by atoms with Crippen LogP contribution in [0, 0.1) is 11.7 Å². The van der Waals surface area contributed by atoms with Crippen LogP contribution in [-0.4, -0.2) is 44.3 Å². The molecule has 1 unspecified atom stereocenters. The monoisotopic (exact) mass is 324 g/mol. The first-order chi connectivity index (χ1) is 10.4. The molecule has 22 heavy (non-hydrogen) atoms. The number of anilines is 1. The maximum Gasteiger partial charge on any atom is 0.208 e. The van der Waals surface area contributed by atoms with Gasteiger partial charge in [-0.05, 0) is 30.5 Å². The third-order valence-electron chi connectivity index (χ3n) is 3.80. The first kappa shape index (κ1) is 15.1. The second kappa shape index (κ2) is 5.77. The average Bonchev–Trinajstić information content (AvgIpc) is 2.92. The molecule has 1 aliphatic rings. The number of nitrogens with one attached hydrogen (secondary N) is 1. The molecule has 0 saturated carbocycles. The number of fused-ring (bicyclic) bond motifs is 1. The number of hydrogen-bond acceptors (Lipinski definition) is 5. The van der Waals surface area contributed by atoms with Gasteiger partial charge in [0.25, 0.3) is 0 Å². The van der Waals surface area contributed by atoms with Crippen molar-refractivity contribution in [2.45, 2.75) is 6.42 Å². The third kappa shape index (κ3) is 3.33. The molecule has 3 rings (SSSR count). The van der Waals surface area contributed by atoms with Crippen LogP contribution in [0.15, 0.2) is 24.5 Å². The van der Waals surface area contributed by atoms with E-state index in [2.05, 4.69) is 19.6 Å². The van der Waals surface area contributed by atoms with E-state index in [-0.39, 0.29) is 11.7 Å².